The van der Waals surface area contributed by atoms with Crippen molar-refractivity contribution in [2.75, 3.05) is 13.1 Å². The molecule has 0 aliphatic heterocycles. The smallest absolute Gasteiger partial charge is 0.243 e. The van der Waals surface area contributed by atoms with Crippen molar-refractivity contribution in [1.29, 1.82) is 0 Å². The van der Waals surface area contributed by atoms with Crippen molar-refractivity contribution in [3.63, 3.8) is 0 Å². The van der Waals surface area contributed by atoms with E-state index in [9.17, 15) is 13.2 Å². The van der Waals surface area contributed by atoms with Crippen molar-refractivity contribution >= 4 is 27.5 Å². The summed E-state index contributed by atoms with van der Waals surface area (Å²) < 4.78 is 29.6. The van der Waals surface area contributed by atoms with Gasteiger partial charge in [0.05, 0.1) is 17.8 Å². The van der Waals surface area contributed by atoms with Gasteiger partial charge in [0, 0.05) is 37.1 Å². The minimum atomic E-state index is -3.89. The number of sulfonamides is 1. The normalized spacial score (nSPS) is 11.6. The summed E-state index contributed by atoms with van der Waals surface area (Å²) in [6, 6.07) is 13.5. The van der Waals surface area contributed by atoms with Crippen LogP contribution in [-0.4, -0.2) is 41.3 Å². The van der Waals surface area contributed by atoms with Gasteiger partial charge >= 0.3 is 0 Å². The van der Waals surface area contributed by atoms with Gasteiger partial charge in [0.15, 0.2) is 0 Å². The summed E-state index contributed by atoms with van der Waals surface area (Å²) in [4.78, 5) is 16.6. The number of hydrogen-bond donors (Lipinski definition) is 1. The minimum absolute atomic E-state index is 0.0924. The van der Waals surface area contributed by atoms with Crippen molar-refractivity contribution in [1.82, 2.24) is 19.2 Å². The molecule has 0 saturated carbocycles. The Morgan fingerprint density at radius 3 is 2.65 bits per heavy atom. The van der Waals surface area contributed by atoms with Crippen LogP contribution >= 0.6 is 11.6 Å². The molecule has 0 radical (unpaired) electrons. The molecule has 0 fully saturated rings. The number of nitrogens with one attached hydrogen (secondary N) is 1. The van der Waals surface area contributed by atoms with Gasteiger partial charge < -0.3 is 9.88 Å². The van der Waals surface area contributed by atoms with Gasteiger partial charge in [0.2, 0.25) is 15.9 Å². The monoisotopic (exact) mass is 460 g/mol. The second kappa shape index (κ2) is 10.6. The van der Waals surface area contributed by atoms with Crippen LogP contribution in [0.2, 0.25) is 5.02 Å². The van der Waals surface area contributed by atoms with E-state index in [1.807, 2.05) is 42.0 Å². The van der Waals surface area contributed by atoms with Gasteiger partial charge in [-0.05, 0) is 43.2 Å². The maximum absolute atomic E-state index is 13.2. The summed E-state index contributed by atoms with van der Waals surface area (Å²) in [5, 5.41) is 3.25. The van der Waals surface area contributed by atoms with Gasteiger partial charge in [-0.1, -0.05) is 41.4 Å². The van der Waals surface area contributed by atoms with Crippen LogP contribution in [-0.2, 0) is 27.9 Å². The number of aromatic nitrogens is 2. The topological polar surface area (TPSA) is 84.3 Å². The highest BCUT2D eigenvalue weighted by molar-refractivity contribution is 7.89. The Morgan fingerprint density at radius 2 is 1.97 bits per heavy atom. The summed E-state index contributed by atoms with van der Waals surface area (Å²) in [5.41, 5.74) is 1.83. The molecule has 31 heavy (non-hydrogen) atoms. The third-order valence-electron chi connectivity index (χ3n) is 4.69. The quantitative estimate of drug-likeness (QED) is 0.471. The van der Waals surface area contributed by atoms with E-state index in [2.05, 4.69) is 10.3 Å². The van der Waals surface area contributed by atoms with E-state index < -0.39 is 10.0 Å². The number of rotatable bonds is 10. The molecule has 2 aromatic carbocycles. The number of benzene rings is 2. The molecule has 3 aromatic rings. The van der Waals surface area contributed by atoms with Gasteiger partial charge in [-0.15, -0.1) is 0 Å². The average Bonchev–Trinajstić information content (AvgIpc) is 3.25. The summed E-state index contributed by atoms with van der Waals surface area (Å²) in [6.07, 6.45) is 5.97. The standard InChI is InChI=1S/C22H25ClN4O3S/c1-18-4-2-5-19(14-18)15-27(31(29,30)21-8-6-20(23)7-9-21)16-22(28)25-10-3-12-26-13-11-24-17-26/h2,4-9,11,13-14,17H,3,10,12,15-16H2,1H3,(H,25,28). The van der Waals surface area contributed by atoms with Gasteiger partial charge in [0.25, 0.3) is 0 Å². The second-order valence-corrected chi connectivity index (χ2v) is 9.59. The van der Waals surface area contributed by atoms with Crippen LogP contribution in [0.15, 0.2) is 72.1 Å². The Bertz CT molecular complexity index is 1100. The minimum Gasteiger partial charge on any atom is -0.355 e. The average molecular weight is 461 g/mol. The molecule has 1 N–H and O–H groups in total. The highest BCUT2D eigenvalue weighted by Crippen LogP contribution is 2.20. The zero-order chi connectivity index (χ0) is 22.3. The molecule has 0 unspecified atom stereocenters. The summed E-state index contributed by atoms with van der Waals surface area (Å²) in [7, 11) is -3.89. The highest BCUT2D eigenvalue weighted by atomic mass is 35.5. The fourth-order valence-corrected chi connectivity index (χ4v) is 4.63. The van der Waals surface area contributed by atoms with E-state index in [1.54, 1.807) is 12.5 Å². The number of nitrogens with zero attached hydrogens (tertiary/aromatic N) is 3. The third-order valence-corrected chi connectivity index (χ3v) is 6.75. The summed E-state index contributed by atoms with van der Waals surface area (Å²) >= 11 is 5.90. The van der Waals surface area contributed by atoms with Crippen molar-refractivity contribution in [3.8, 4) is 0 Å². The van der Waals surface area contributed by atoms with E-state index in [0.717, 1.165) is 17.7 Å². The van der Waals surface area contributed by atoms with Crippen LogP contribution in [0.3, 0.4) is 0 Å². The van der Waals surface area contributed by atoms with Gasteiger partial charge in [-0.25, -0.2) is 13.4 Å². The Kier molecular flexibility index (Phi) is 7.84. The largest absolute Gasteiger partial charge is 0.355 e. The lowest BCUT2D eigenvalue weighted by atomic mass is 10.1. The predicted molar refractivity (Wildman–Crippen MR) is 120 cm³/mol. The molecule has 1 heterocycles. The first-order chi connectivity index (χ1) is 14.8. The van der Waals surface area contributed by atoms with Crippen molar-refractivity contribution in [3.05, 3.63) is 83.4 Å². The van der Waals surface area contributed by atoms with Crippen molar-refractivity contribution in [2.24, 2.45) is 0 Å². The molecular weight excluding hydrogens is 436 g/mol. The molecule has 9 heteroatoms. The van der Waals surface area contributed by atoms with Crippen LogP contribution in [0.25, 0.3) is 0 Å². The number of aryl methyl sites for hydroxylation is 2. The van der Waals surface area contributed by atoms with Gasteiger partial charge in [-0.3, -0.25) is 4.79 Å². The molecule has 0 atom stereocenters. The summed E-state index contributed by atoms with van der Waals surface area (Å²) in [6.45, 7) is 2.92. The van der Waals surface area contributed by atoms with Crippen LogP contribution in [0.5, 0.6) is 0 Å². The van der Waals surface area contributed by atoms with Gasteiger partial charge in [-0.2, -0.15) is 4.31 Å². The van der Waals surface area contributed by atoms with Crippen LogP contribution < -0.4 is 5.32 Å². The number of carbonyl (C=O) groups excluding carboxylic acids is 1. The SMILES string of the molecule is Cc1cccc(CN(CC(=O)NCCCn2ccnc2)S(=O)(=O)c2ccc(Cl)cc2)c1. The van der Waals surface area contributed by atoms with Crippen LogP contribution in [0, 0.1) is 6.92 Å². The van der Waals surface area contributed by atoms with Crippen LogP contribution in [0.1, 0.15) is 17.5 Å². The highest BCUT2D eigenvalue weighted by Gasteiger charge is 2.27. The summed E-state index contributed by atoms with van der Waals surface area (Å²) in [5.74, 6) is -0.351. The number of carbonyl (C=O) groups is 1. The molecule has 0 aliphatic rings. The molecule has 0 bridgehead atoms. The van der Waals surface area contributed by atoms with E-state index in [4.69, 9.17) is 11.6 Å². The molecule has 164 valence electrons. The fraction of sp³-hybridized carbons (Fsp3) is 0.273. The molecule has 0 saturated heterocycles. The molecule has 0 spiro atoms. The lowest BCUT2D eigenvalue weighted by molar-refractivity contribution is -0.121. The van der Waals surface area contributed by atoms with Crippen molar-refractivity contribution in [2.45, 2.75) is 31.3 Å². The van der Waals surface area contributed by atoms with E-state index >= 15 is 0 Å². The lowest BCUT2D eigenvalue weighted by Crippen LogP contribution is -2.40. The fourth-order valence-electron chi connectivity index (χ4n) is 3.12. The first-order valence-electron chi connectivity index (χ1n) is 9.88. The molecular formula is C22H25ClN4O3S. The Morgan fingerprint density at radius 1 is 1.19 bits per heavy atom. The van der Waals surface area contributed by atoms with E-state index in [-0.39, 0.29) is 23.9 Å². The van der Waals surface area contributed by atoms with Crippen molar-refractivity contribution < 1.29 is 13.2 Å². The Hall–Kier alpha value is -2.68. The molecule has 3 rings (SSSR count). The third kappa shape index (κ3) is 6.65. The number of halogens is 1. The first-order valence-corrected chi connectivity index (χ1v) is 11.7. The molecule has 0 aliphatic carbocycles. The molecule has 7 nitrogen and oxygen atoms in total. The zero-order valence-corrected chi connectivity index (χ0v) is 18.8. The number of hydrogen-bond acceptors (Lipinski definition) is 4. The maximum Gasteiger partial charge on any atom is 0.243 e. The van der Waals surface area contributed by atoms with Gasteiger partial charge in [0.1, 0.15) is 0 Å². The van der Waals surface area contributed by atoms with E-state index in [1.165, 1.54) is 28.6 Å². The van der Waals surface area contributed by atoms with E-state index in [0.29, 0.717) is 18.0 Å². The lowest BCUT2D eigenvalue weighted by Gasteiger charge is -2.22. The maximum atomic E-state index is 13.2. The molecule has 1 aromatic heterocycles. The predicted octanol–water partition coefficient (Wildman–Crippen LogP) is 3.24. The van der Waals surface area contributed by atoms with Crippen LogP contribution in [0.4, 0.5) is 0 Å². The number of amides is 1. The Balaban J connectivity index is 1.70. The Labute approximate surface area is 187 Å². The zero-order valence-electron chi connectivity index (χ0n) is 17.2. The molecule has 1 amide bonds. The second-order valence-electron chi connectivity index (χ2n) is 7.22. The number of imidazole rings is 1. The first kappa shape index (κ1) is 23.0.